The molecule has 2 nitrogen and oxygen atoms in total. The van der Waals surface area contributed by atoms with Crippen LogP contribution in [-0.4, -0.2) is 17.6 Å². The molecule has 3 heteroatoms. The van der Waals surface area contributed by atoms with Crippen LogP contribution in [0.25, 0.3) is 10.9 Å². The fourth-order valence-corrected chi connectivity index (χ4v) is 2.84. The van der Waals surface area contributed by atoms with E-state index in [4.69, 9.17) is 11.6 Å². The predicted molar refractivity (Wildman–Crippen MR) is 93.3 cm³/mol. The number of anilines is 1. The number of pyridine rings is 1. The smallest absolute Gasteiger partial charge is 0.0726 e. The van der Waals surface area contributed by atoms with Crippen molar-refractivity contribution in [2.45, 2.75) is 52.0 Å². The third-order valence-corrected chi connectivity index (χ3v) is 4.09. The van der Waals surface area contributed by atoms with Crippen molar-refractivity contribution < 1.29 is 0 Å². The normalized spacial score (nSPS) is 11.3. The lowest BCUT2D eigenvalue weighted by Crippen LogP contribution is -2.32. The Morgan fingerprint density at radius 3 is 2.62 bits per heavy atom. The molecule has 0 fully saturated rings. The zero-order valence-electron chi connectivity index (χ0n) is 13.3. The van der Waals surface area contributed by atoms with Crippen LogP contribution in [0.4, 0.5) is 5.69 Å². The van der Waals surface area contributed by atoms with E-state index in [1.165, 1.54) is 30.3 Å². The molecule has 114 valence electrons. The first-order valence-corrected chi connectivity index (χ1v) is 8.42. The highest BCUT2D eigenvalue weighted by atomic mass is 35.5. The van der Waals surface area contributed by atoms with Gasteiger partial charge in [-0.05, 0) is 32.4 Å². The minimum absolute atomic E-state index is 0.457. The second kappa shape index (κ2) is 7.65. The molecule has 0 saturated carbocycles. The Bertz CT molecular complexity index is 580. The third-order valence-electron chi connectivity index (χ3n) is 3.82. The number of aromatic nitrogens is 1. The molecule has 0 aliphatic rings. The zero-order chi connectivity index (χ0) is 15.2. The van der Waals surface area contributed by atoms with E-state index in [-0.39, 0.29) is 0 Å². The van der Waals surface area contributed by atoms with E-state index in [1.807, 2.05) is 6.07 Å². The molecule has 0 spiro atoms. The van der Waals surface area contributed by atoms with E-state index in [2.05, 4.69) is 54.9 Å². The van der Waals surface area contributed by atoms with Gasteiger partial charge in [0.15, 0.2) is 0 Å². The Morgan fingerprint density at radius 2 is 1.95 bits per heavy atom. The van der Waals surface area contributed by atoms with Gasteiger partial charge >= 0.3 is 0 Å². The lowest BCUT2D eigenvalue weighted by atomic mass is 10.1. The molecule has 1 heterocycles. The number of nitrogens with zero attached hydrogens (tertiary/aromatic N) is 2. The number of benzene rings is 1. The molecule has 0 aliphatic heterocycles. The predicted octanol–water partition coefficient (Wildman–Crippen LogP) is 5.38. The Hall–Kier alpha value is -1.28. The number of rotatable bonds is 7. The second-order valence-corrected chi connectivity index (χ2v) is 6.05. The largest absolute Gasteiger partial charge is 0.369 e. The Balaban J connectivity index is 2.44. The molecule has 0 radical (unpaired) electrons. The average Bonchev–Trinajstić information content (AvgIpc) is 2.50. The first-order valence-electron chi connectivity index (χ1n) is 7.88. The minimum Gasteiger partial charge on any atom is -0.369 e. The van der Waals surface area contributed by atoms with E-state index >= 15 is 0 Å². The van der Waals surface area contributed by atoms with Crippen LogP contribution in [0.2, 0.25) is 0 Å². The maximum absolute atomic E-state index is 6.03. The van der Waals surface area contributed by atoms with Crippen LogP contribution >= 0.6 is 11.6 Å². The van der Waals surface area contributed by atoms with Crippen molar-refractivity contribution in [1.82, 2.24) is 4.98 Å². The fraction of sp³-hybridized carbons (Fsp3) is 0.500. The second-order valence-electron chi connectivity index (χ2n) is 5.78. The molecule has 0 aliphatic carbocycles. The number of alkyl halides is 1. The highest BCUT2D eigenvalue weighted by Crippen LogP contribution is 2.29. The molecule has 2 rings (SSSR count). The first-order chi connectivity index (χ1) is 10.2. The van der Waals surface area contributed by atoms with E-state index in [0.717, 1.165) is 17.8 Å². The van der Waals surface area contributed by atoms with Gasteiger partial charge in [-0.1, -0.05) is 38.0 Å². The standard InChI is InChI=1S/C18H25ClN2/c1-4-5-8-11-21(14(2)3)18-12-15(13-19)20-17-10-7-6-9-16(17)18/h6-7,9-10,12,14H,4-5,8,11,13H2,1-3H3. The van der Waals surface area contributed by atoms with Gasteiger partial charge in [-0.25, -0.2) is 0 Å². The molecule has 1 aromatic heterocycles. The van der Waals surface area contributed by atoms with Gasteiger partial charge in [-0.3, -0.25) is 4.98 Å². The fourth-order valence-electron chi connectivity index (χ4n) is 2.71. The molecule has 1 aromatic carbocycles. The average molecular weight is 305 g/mol. The molecule has 2 aromatic rings. The van der Waals surface area contributed by atoms with Crippen LogP contribution in [0, 0.1) is 0 Å². The summed E-state index contributed by atoms with van der Waals surface area (Å²) >= 11 is 6.03. The van der Waals surface area contributed by atoms with Gasteiger partial charge in [0, 0.05) is 23.7 Å². The van der Waals surface area contributed by atoms with Crippen LogP contribution in [-0.2, 0) is 5.88 Å². The highest BCUT2D eigenvalue weighted by molar-refractivity contribution is 6.17. The lowest BCUT2D eigenvalue weighted by Gasteiger charge is -2.30. The summed E-state index contributed by atoms with van der Waals surface area (Å²) in [5.74, 6) is 0.457. The minimum atomic E-state index is 0.457. The van der Waals surface area contributed by atoms with E-state index in [9.17, 15) is 0 Å². The Kier molecular flexibility index (Phi) is 5.86. The lowest BCUT2D eigenvalue weighted by molar-refractivity contribution is 0.627. The van der Waals surface area contributed by atoms with Crippen molar-refractivity contribution >= 4 is 28.2 Å². The van der Waals surface area contributed by atoms with Crippen LogP contribution in [0.1, 0.15) is 45.7 Å². The summed E-state index contributed by atoms with van der Waals surface area (Å²) in [4.78, 5) is 7.12. The topological polar surface area (TPSA) is 16.1 Å². The first kappa shape index (κ1) is 16.1. The molecule has 0 atom stereocenters. The van der Waals surface area contributed by atoms with Crippen molar-refractivity contribution in [2.24, 2.45) is 0 Å². The third kappa shape index (κ3) is 3.88. The monoisotopic (exact) mass is 304 g/mol. The maximum Gasteiger partial charge on any atom is 0.0726 e. The van der Waals surface area contributed by atoms with Gasteiger partial charge < -0.3 is 4.90 Å². The molecular weight excluding hydrogens is 280 g/mol. The maximum atomic E-state index is 6.03. The number of halogens is 1. The quantitative estimate of drug-likeness (QED) is 0.504. The summed E-state index contributed by atoms with van der Waals surface area (Å²) in [7, 11) is 0. The number of hydrogen-bond acceptors (Lipinski definition) is 2. The summed E-state index contributed by atoms with van der Waals surface area (Å²) in [6.45, 7) is 7.83. The number of fused-ring (bicyclic) bond motifs is 1. The SMILES string of the molecule is CCCCCN(c1cc(CCl)nc2ccccc12)C(C)C. The molecule has 21 heavy (non-hydrogen) atoms. The van der Waals surface area contributed by atoms with Gasteiger partial charge in [-0.15, -0.1) is 11.6 Å². The zero-order valence-corrected chi connectivity index (χ0v) is 14.0. The van der Waals surface area contributed by atoms with Crippen molar-refractivity contribution in [3.8, 4) is 0 Å². The molecule has 0 N–H and O–H groups in total. The van der Waals surface area contributed by atoms with Gasteiger partial charge in [0.25, 0.3) is 0 Å². The van der Waals surface area contributed by atoms with E-state index in [1.54, 1.807) is 0 Å². The number of para-hydroxylation sites is 1. The van der Waals surface area contributed by atoms with Gasteiger partial charge in [0.05, 0.1) is 17.1 Å². The van der Waals surface area contributed by atoms with Crippen LogP contribution in [0.3, 0.4) is 0 Å². The Labute approximate surface area is 133 Å². The van der Waals surface area contributed by atoms with Crippen molar-refractivity contribution in [1.29, 1.82) is 0 Å². The summed E-state index contributed by atoms with van der Waals surface area (Å²) in [5.41, 5.74) is 3.25. The molecule has 0 amide bonds. The van der Waals surface area contributed by atoms with Crippen molar-refractivity contribution in [3.63, 3.8) is 0 Å². The molecule has 0 bridgehead atoms. The van der Waals surface area contributed by atoms with Crippen LogP contribution < -0.4 is 4.90 Å². The van der Waals surface area contributed by atoms with Gasteiger partial charge in [-0.2, -0.15) is 0 Å². The van der Waals surface area contributed by atoms with Crippen LogP contribution in [0.15, 0.2) is 30.3 Å². The highest BCUT2D eigenvalue weighted by Gasteiger charge is 2.15. The Morgan fingerprint density at radius 1 is 1.19 bits per heavy atom. The molecule has 0 unspecified atom stereocenters. The molecular formula is C18H25ClN2. The van der Waals surface area contributed by atoms with Gasteiger partial charge in [0.2, 0.25) is 0 Å². The summed E-state index contributed by atoms with van der Waals surface area (Å²) in [5, 5.41) is 1.22. The van der Waals surface area contributed by atoms with Crippen LogP contribution in [0.5, 0.6) is 0 Å². The van der Waals surface area contributed by atoms with Crippen molar-refractivity contribution in [2.75, 3.05) is 11.4 Å². The van der Waals surface area contributed by atoms with E-state index < -0.39 is 0 Å². The number of hydrogen-bond donors (Lipinski definition) is 0. The summed E-state index contributed by atoms with van der Waals surface area (Å²) in [6.07, 6.45) is 3.74. The van der Waals surface area contributed by atoms with E-state index in [0.29, 0.717) is 11.9 Å². The van der Waals surface area contributed by atoms with Gasteiger partial charge in [0.1, 0.15) is 0 Å². The summed E-state index contributed by atoms with van der Waals surface area (Å²) < 4.78 is 0. The molecule has 0 saturated heterocycles. The van der Waals surface area contributed by atoms with Crippen molar-refractivity contribution in [3.05, 3.63) is 36.0 Å². The number of unbranched alkanes of at least 4 members (excludes halogenated alkanes) is 2. The summed E-state index contributed by atoms with van der Waals surface area (Å²) in [6, 6.07) is 11.0.